The van der Waals surface area contributed by atoms with E-state index < -0.39 is 71.9 Å². The van der Waals surface area contributed by atoms with Crippen LogP contribution in [0, 0.1) is 35.5 Å². The van der Waals surface area contributed by atoms with Gasteiger partial charge in [0.25, 0.3) is 17.5 Å². The van der Waals surface area contributed by atoms with E-state index in [1.54, 1.807) is 41.3 Å². The third-order valence-electron chi connectivity index (χ3n) is 14.9. The number of halogens is 1. The molecule has 0 radical (unpaired) electrons. The van der Waals surface area contributed by atoms with Crippen LogP contribution >= 0.6 is 0 Å². The van der Waals surface area contributed by atoms with E-state index in [0.29, 0.717) is 44.1 Å². The number of esters is 1. The van der Waals surface area contributed by atoms with Crippen LogP contribution in [0.25, 0.3) is 0 Å². The molecule has 0 aromatic rings. The Morgan fingerprint density at radius 2 is 1.48 bits per heavy atom. The second-order valence-electron chi connectivity index (χ2n) is 20.0. The van der Waals surface area contributed by atoms with Gasteiger partial charge in [0.05, 0.1) is 24.4 Å². The summed E-state index contributed by atoms with van der Waals surface area (Å²) in [6.07, 6.45) is 13.3. The highest BCUT2D eigenvalue weighted by atomic mass is 19.2. The van der Waals surface area contributed by atoms with Crippen molar-refractivity contribution in [2.24, 2.45) is 35.5 Å². The van der Waals surface area contributed by atoms with Gasteiger partial charge in [0, 0.05) is 72.7 Å². The molecule has 1 amide bonds. The fourth-order valence-electron chi connectivity index (χ4n) is 10.6. The number of fused-ring (bicyclic) bond motifs is 3. The fourth-order valence-corrected chi connectivity index (χ4v) is 10.6. The van der Waals surface area contributed by atoms with E-state index in [4.69, 9.17) is 33.2 Å². The van der Waals surface area contributed by atoms with Crippen molar-refractivity contribution >= 4 is 29.2 Å². The molecule has 2 bridgehead atoms. The first kappa shape index (κ1) is 56.2. The minimum Gasteiger partial charge on any atom is -0.460 e. The summed E-state index contributed by atoms with van der Waals surface area (Å²) in [6, 6.07) is -1.16. The van der Waals surface area contributed by atoms with Gasteiger partial charge in [0.15, 0.2) is 5.78 Å². The highest BCUT2D eigenvalue weighted by Gasteiger charge is 2.55. The van der Waals surface area contributed by atoms with Crippen LogP contribution in [0.3, 0.4) is 0 Å². The lowest BCUT2D eigenvalue weighted by Gasteiger charge is -2.41. The number of carbonyl (C=O) groups excluding carboxylic acids is 5. The lowest BCUT2D eigenvalue weighted by atomic mass is 9.78. The molecule has 14 heteroatoms. The molecular weight excluding hydrogens is 862 g/mol. The van der Waals surface area contributed by atoms with Crippen molar-refractivity contribution < 1.29 is 61.5 Å². The third-order valence-corrected chi connectivity index (χ3v) is 14.9. The molecule has 378 valence electrons. The molecule has 0 aromatic carbocycles. The Morgan fingerprint density at radius 1 is 0.776 bits per heavy atom. The number of hydrogen-bond acceptors (Lipinski definition) is 12. The van der Waals surface area contributed by atoms with Crippen molar-refractivity contribution in [2.45, 2.75) is 180 Å². The molecule has 4 aliphatic rings. The standard InChI is InChI=1S/C53H82FNO12/c1-32-18-14-13-15-19-33(2)44(62-9)30-40-23-21-38(7)53(54,67-40)50(58)51(59)55-25-17-16-20-41(55)52(60)66-45(35(4)28-39-22-24-43(61-8)46(29-39)63-10)31-42(56)34(3)27-37(6)48(64-11)49(65-12)47(57)36(5)26-32/h13-15,18-19,27,32,34-36,38-41,43-46,48-49H,16-17,20-26,28-31H2,1-12H3/b15-13+,18-14+,33-19+,37-27+/t32-,34-,35-,36-,38-,39+,40+,41+,43-,44+,45+,46-,48-,49+,53-/m1/s1. The number of amides is 1. The predicted molar refractivity (Wildman–Crippen MR) is 254 cm³/mol. The van der Waals surface area contributed by atoms with Gasteiger partial charge in [0.1, 0.15) is 30.1 Å². The van der Waals surface area contributed by atoms with Gasteiger partial charge in [-0.3, -0.25) is 19.2 Å². The molecule has 15 atom stereocenters. The number of methoxy groups -OCH3 is 5. The third kappa shape index (κ3) is 14.8. The van der Waals surface area contributed by atoms with Crippen LogP contribution < -0.4 is 0 Å². The van der Waals surface area contributed by atoms with Gasteiger partial charge in [0.2, 0.25) is 0 Å². The van der Waals surface area contributed by atoms with E-state index in [2.05, 4.69) is 0 Å². The smallest absolute Gasteiger partial charge is 0.329 e. The topological polar surface area (TPSA) is 153 Å². The Bertz CT molecular complexity index is 1790. The second-order valence-corrected chi connectivity index (χ2v) is 20.0. The molecule has 0 N–H and O–H groups in total. The van der Waals surface area contributed by atoms with E-state index in [-0.39, 0.29) is 73.3 Å². The molecule has 0 unspecified atom stereocenters. The molecule has 1 aliphatic carbocycles. The number of carbonyl (C=O) groups is 5. The molecule has 0 spiro atoms. The Balaban J connectivity index is 1.72. The lowest BCUT2D eigenvalue weighted by Crippen LogP contribution is -2.59. The van der Waals surface area contributed by atoms with E-state index in [1.807, 2.05) is 65.0 Å². The quantitative estimate of drug-likeness (QED) is 0.130. The first-order valence-electron chi connectivity index (χ1n) is 24.7. The molecule has 13 nitrogen and oxygen atoms in total. The van der Waals surface area contributed by atoms with Crippen molar-refractivity contribution in [1.29, 1.82) is 0 Å². The Morgan fingerprint density at radius 3 is 2.13 bits per heavy atom. The fraction of sp³-hybridized carbons (Fsp3) is 0.755. The number of nitrogens with zero attached hydrogens (tertiary/aromatic N) is 1. The number of ether oxygens (including phenoxy) is 7. The summed E-state index contributed by atoms with van der Waals surface area (Å²) in [7, 11) is 7.90. The van der Waals surface area contributed by atoms with E-state index in [1.165, 1.54) is 14.2 Å². The van der Waals surface area contributed by atoms with Crippen LogP contribution in [0.15, 0.2) is 47.6 Å². The average molecular weight is 944 g/mol. The molecular formula is C53H82FNO12. The lowest BCUT2D eigenvalue weighted by molar-refractivity contribution is -0.231. The largest absolute Gasteiger partial charge is 0.460 e. The summed E-state index contributed by atoms with van der Waals surface area (Å²) in [5.74, 6) is -8.41. The Hall–Kier alpha value is -3.40. The number of Topliss-reactive ketones (excluding diaryl/α,β-unsaturated/α-hetero) is 3. The van der Waals surface area contributed by atoms with E-state index in [9.17, 15) is 24.0 Å². The Labute approximate surface area is 399 Å². The van der Waals surface area contributed by atoms with Gasteiger partial charge >= 0.3 is 5.97 Å². The van der Waals surface area contributed by atoms with Crippen molar-refractivity contribution in [2.75, 3.05) is 42.1 Å². The van der Waals surface area contributed by atoms with Crippen LogP contribution in [0.5, 0.6) is 0 Å². The first-order chi connectivity index (χ1) is 31.8. The minimum atomic E-state index is -2.91. The summed E-state index contributed by atoms with van der Waals surface area (Å²) in [5, 5.41) is 0. The molecule has 4 rings (SSSR count). The summed E-state index contributed by atoms with van der Waals surface area (Å²) >= 11 is 0. The van der Waals surface area contributed by atoms with Crippen molar-refractivity contribution in [3.05, 3.63) is 47.6 Å². The highest BCUT2D eigenvalue weighted by molar-refractivity contribution is 6.39. The van der Waals surface area contributed by atoms with Crippen LogP contribution in [-0.4, -0.2) is 131 Å². The maximum absolute atomic E-state index is 17.1. The van der Waals surface area contributed by atoms with Gasteiger partial charge < -0.3 is 38.1 Å². The van der Waals surface area contributed by atoms with Crippen LogP contribution in [-0.2, 0) is 57.1 Å². The molecule has 2 saturated heterocycles. The van der Waals surface area contributed by atoms with Gasteiger partial charge in [-0.15, -0.1) is 0 Å². The Kier molecular flexibility index (Phi) is 22.3. The zero-order chi connectivity index (χ0) is 49.6. The molecule has 0 aromatic heterocycles. The van der Waals surface area contributed by atoms with Gasteiger partial charge in [-0.05, 0) is 107 Å². The van der Waals surface area contributed by atoms with E-state index in [0.717, 1.165) is 29.7 Å². The average Bonchev–Trinajstić information content (AvgIpc) is 3.31. The van der Waals surface area contributed by atoms with Crippen LogP contribution in [0.2, 0.25) is 0 Å². The van der Waals surface area contributed by atoms with Crippen molar-refractivity contribution in [3.63, 3.8) is 0 Å². The van der Waals surface area contributed by atoms with Gasteiger partial charge in [-0.1, -0.05) is 71.1 Å². The number of ketones is 3. The number of hydrogen-bond donors (Lipinski definition) is 0. The van der Waals surface area contributed by atoms with Crippen molar-refractivity contribution in [3.8, 4) is 0 Å². The van der Waals surface area contributed by atoms with E-state index >= 15 is 4.39 Å². The minimum absolute atomic E-state index is 0.0323. The number of rotatable bonds is 8. The van der Waals surface area contributed by atoms with Gasteiger partial charge in [-0.25, -0.2) is 9.18 Å². The highest BCUT2D eigenvalue weighted by Crippen LogP contribution is 2.40. The SMILES string of the molecule is CO[C@H]1C[C@@H]2CC[C@@H](C)[C@@](F)(O2)C(=O)C(=O)N2CCCC[C@H]2C(=O)O[C@H]([C@H](C)C[C@@H]2CC[C@@H](OC)[C@H](OC)C2)CC(=O)[C@H](C)/C=C(\C)[C@@H](OC)[C@@H](OC)C(=O)[C@H](C)C[C@H](C)/C=C/C=C/C=C/1C. The molecule has 3 heterocycles. The molecule has 1 saturated carbocycles. The number of cyclic esters (lactones) is 1. The normalized spacial score (nSPS) is 39.6. The van der Waals surface area contributed by atoms with Crippen LogP contribution in [0.1, 0.15) is 126 Å². The number of piperidine rings is 1. The summed E-state index contributed by atoms with van der Waals surface area (Å²) < 4.78 is 58.3. The maximum Gasteiger partial charge on any atom is 0.329 e. The molecule has 3 aliphatic heterocycles. The molecule has 3 fully saturated rings. The summed E-state index contributed by atoms with van der Waals surface area (Å²) in [5.41, 5.74) is 1.50. The zero-order valence-corrected chi connectivity index (χ0v) is 42.5. The number of allylic oxidation sites excluding steroid dienone is 6. The van der Waals surface area contributed by atoms with Crippen LogP contribution in [0.4, 0.5) is 4.39 Å². The second kappa shape index (κ2) is 26.5. The zero-order valence-electron chi connectivity index (χ0n) is 42.5. The van der Waals surface area contributed by atoms with Crippen molar-refractivity contribution in [1.82, 2.24) is 4.90 Å². The van der Waals surface area contributed by atoms with Gasteiger partial charge in [-0.2, -0.15) is 0 Å². The maximum atomic E-state index is 17.1. The summed E-state index contributed by atoms with van der Waals surface area (Å²) in [4.78, 5) is 72.2. The first-order valence-corrected chi connectivity index (χ1v) is 24.7. The number of alkyl halides is 1. The molecule has 67 heavy (non-hydrogen) atoms. The monoisotopic (exact) mass is 944 g/mol. The summed E-state index contributed by atoms with van der Waals surface area (Å²) in [6.45, 7) is 13.0. The predicted octanol–water partition coefficient (Wildman–Crippen LogP) is 8.47.